The maximum atomic E-state index is 13.2. The Bertz CT molecular complexity index is 1380. The van der Waals surface area contributed by atoms with Crippen molar-refractivity contribution in [3.05, 3.63) is 71.8 Å². The Balaban J connectivity index is 1.34. The molecule has 7 nitrogen and oxygen atoms in total. The molecule has 1 aliphatic carbocycles. The number of nitrogens with zero attached hydrogens (tertiary/aromatic N) is 1. The van der Waals surface area contributed by atoms with Crippen molar-refractivity contribution in [3.8, 4) is 22.6 Å². The van der Waals surface area contributed by atoms with Gasteiger partial charge < -0.3 is 14.8 Å². The Labute approximate surface area is 199 Å². The fourth-order valence-corrected chi connectivity index (χ4v) is 5.20. The average Bonchev–Trinajstić information content (AvgIpc) is 3.50. The molecule has 34 heavy (non-hydrogen) atoms. The standard InChI is InChI=1S/C26H26N2O5S/c1-17-14-20(7-10-22(17)18-4-8-21(9-5-18)34(30,31)28(2)3)27-25(29)26(12-13-26)19-6-11-23-24(15-19)33-16-32-23/h4-11,14-15H,12-13,16H2,1-3H3,(H,27,29). The molecule has 5 rings (SSSR count). The maximum Gasteiger partial charge on any atom is 0.242 e. The molecule has 1 heterocycles. The Morgan fingerprint density at radius 2 is 1.65 bits per heavy atom. The van der Waals surface area contributed by atoms with Gasteiger partial charge in [-0.3, -0.25) is 4.79 Å². The quantitative estimate of drug-likeness (QED) is 0.571. The van der Waals surface area contributed by atoms with E-state index in [1.165, 1.54) is 18.4 Å². The van der Waals surface area contributed by atoms with Crippen molar-refractivity contribution in [1.82, 2.24) is 4.31 Å². The molecule has 2 aliphatic rings. The van der Waals surface area contributed by atoms with Crippen molar-refractivity contribution >= 4 is 21.6 Å². The highest BCUT2D eigenvalue weighted by Crippen LogP contribution is 2.51. The van der Waals surface area contributed by atoms with Crippen LogP contribution in [0.25, 0.3) is 11.1 Å². The van der Waals surface area contributed by atoms with E-state index in [1.54, 1.807) is 24.3 Å². The zero-order valence-corrected chi connectivity index (χ0v) is 20.1. The predicted octanol–water partition coefficient (Wildman–Crippen LogP) is 4.31. The predicted molar refractivity (Wildman–Crippen MR) is 130 cm³/mol. The van der Waals surface area contributed by atoms with Gasteiger partial charge >= 0.3 is 0 Å². The number of ether oxygens (including phenoxy) is 2. The smallest absolute Gasteiger partial charge is 0.242 e. The van der Waals surface area contributed by atoms with Crippen LogP contribution in [0.1, 0.15) is 24.0 Å². The zero-order valence-electron chi connectivity index (χ0n) is 19.3. The van der Waals surface area contributed by atoms with Gasteiger partial charge in [-0.2, -0.15) is 0 Å². The second-order valence-electron chi connectivity index (χ2n) is 8.95. The molecule has 8 heteroatoms. The molecule has 1 amide bonds. The van der Waals surface area contributed by atoms with Gasteiger partial charge in [-0.15, -0.1) is 0 Å². The third-order valence-electron chi connectivity index (χ3n) is 6.54. The van der Waals surface area contributed by atoms with E-state index in [0.29, 0.717) is 11.5 Å². The maximum absolute atomic E-state index is 13.2. The summed E-state index contributed by atoms with van der Waals surface area (Å²) in [4.78, 5) is 13.5. The van der Waals surface area contributed by atoms with Gasteiger partial charge in [0.1, 0.15) is 0 Å². The molecule has 1 fully saturated rings. The third-order valence-corrected chi connectivity index (χ3v) is 8.37. The number of sulfonamides is 1. The summed E-state index contributed by atoms with van der Waals surface area (Å²) in [5, 5.41) is 3.08. The molecule has 0 spiro atoms. The number of benzene rings is 3. The molecular weight excluding hydrogens is 452 g/mol. The van der Waals surface area contributed by atoms with Crippen LogP contribution in [-0.4, -0.2) is 39.5 Å². The van der Waals surface area contributed by atoms with Crippen LogP contribution in [0.2, 0.25) is 0 Å². The number of aryl methyl sites for hydroxylation is 1. The summed E-state index contributed by atoms with van der Waals surface area (Å²) < 4.78 is 36.7. The lowest BCUT2D eigenvalue weighted by atomic mass is 9.94. The molecule has 1 N–H and O–H groups in total. The first-order valence-electron chi connectivity index (χ1n) is 11.1. The first kappa shape index (κ1) is 22.4. The van der Waals surface area contributed by atoms with Gasteiger partial charge in [-0.1, -0.05) is 24.3 Å². The van der Waals surface area contributed by atoms with E-state index >= 15 is 0 Å². The van der Waals surface area contributed by atoms with Crippen LogP contribution < -0.4 is 14.8 Å². The Morgan fingerprint density at radius 1 is 0.941 bits per heavy atom. The molecule has 1 saturated carbocycles. The normalized spacial score (nSPS) is 15.9. The van der Waals surface area contributed by atoms with Gasteiger partial charge in [0.25, 0.3) is 0 Å². The summed E-state index contributed by atoms with van der Waals surface area (Å²) >= 11 is 0. The van der Waals surface area contributed by atoms with Crippen LogP contribution in [0.4, 0.5) is 5.69 Å². The lowest BCUT2D eigenvalue weighted by Gasteiger charge is -2.17. The van der Waals surface area contributed by atoms with Gasteiger partial charge in [0.05, 0.1) is 10.3 Å². The van der Waals surface area contributed by atoms with Crippen LogP contribution >= 0.6 is 0 Å². The van der Waals surface area contributed by atoms with Crippen LogP contribution in [0.3, 0.4) is 0 Å². The number of amides is 1. The first-order valence-corrected chi connectivity index (χ1v) is 12.5. The number of carbonyl (C=O) groups excluding carboxylic acids is 1. The Morgan fingerprint density at radius 3 is 2.29 bits per heavy atom. The molecular formula is C26H26N2O5S. The number of fused-ring (bicyclic) bond motifs is 1. The average molecular weight is 479 g/mol. The van der Waals surface area contributed by atoms with Crippen molar-refractivity contribution < 1.29 is 22.7 Å². The van der Waals surface area contributed by atoms with Gasteiger partial charge in [0.15, 0.2) is 11.5 Å². The minimum atomic E-state index is -3.47. The number of anilines is 1. The summed E-state index contributed by atoms with van der Waals surface area (Å²) in [5.41, 5.74) is 3.99. The van der Waals surface area contributed by atoms with Crippen LogP contribution in [0.5, 0.6) is 11.5 Å². The van der Waals surface area contributed by atoms with Crippen LogP contribution in [0, 0.1) is 6.92 Å². The molecule has 0 unspecified atom stereocenters. The fourth-order valence-electron chi connectivity index (χ4n) is 4.30. The number of nitrogens with one attached hydrogen (secondary N) is 1. The summed E-state index contributed by atoms with van der Waals surface area (Å²) in [6, 6.07) is 18.3. The van der Waals surface area contributed by atoms with Crippen molar-refractivity contribution in [2.24, 2.45) is 0 Å². The van der Waals surface area contributed by atoms with Gasteiger partial charge in [-0.25, -0.2) is 12.7 Å². The second kappa shape index (κ2) is 8.14. The third kappa shape index (κ3) is 3.82. The Kier molecular flexibility index (Phi) is 5.37. The van der Waals surface area contributed by atoms with E-state index in [9.17, 15) is 13.2 Å². The van der Waals surface area contributed by atoms with Crippen molar-refractivity contribution in [3.63, 3.8) is 0 Å². The zero-order chi connectivity index (χ0) is 24.1. The summed E-state index contributed by atoms with van der Waals surface area (Å²) in [7, 11) is -0.444. The Hall–Kier alpha value is -3.36. The minimum Gasteiger partial charge on any atom is -0.454 e. The molecule has 0 radical (unpaired) electrons. The summed E-state index contributed by atoms with van der Waals surface area (Å²) in [6.45, 7) is 2.18. The molecule has 0 saturated heterocycles. The fraction of sp³-hybridized carbons (Fsp3) is 0.269. The van der Waals surface area contributed by atoms with Gasteiger partial charge in [-0.05, 0) is 78.4 Å². The molecule has 0 aromatic heterocycles. The van der Waals surface area contributed by atoms with Gasteiger partial charge in [0, 0.05) is 19.8 Å². The molecule has 3 aromatic rings. The highest BCUT2D eigenvalue weighted by molar-refractivity contribution is 7.89. The van der Waals surface area contributed by atoms with Crippen LogP contribution in [0.15, 0.2) is 65.6 Å². The molecule has 0 bridgehead atoms. The largest absolute Gasteiger partial charge is 0.454 e. The minimum absolute atomic E-state index is 0.0308. The molecule has 1 aliphatic heterocycles. The monoisotopic (exact) mass is 478 g/mol. The van der Waals surface area contributed by atoms with E-state index < -0.39 is 15.4 Å². The van der Waals surface area contributed by atoms with E-state index in [-0.39, 0.29) is 17.6 Å². The second-order valence-corrected chi connectivity index (χ2v) is 11.1. The lowest BCUT2D eigenvalue weighted by molar-refractivity contribution is -0.118. The van der Waals surface area contributed by atoms with Crippen molar-refractivity contribution in [2.75, 3.05) is 26.2 Å². The number of hydrogen-bond donors (Lipinski definition) is 1. The van der Waals surface area contributed by atoms with E-state index in [4.69, 9.17) is 9.47 Å². The SMILES string of the molecule is Cc1cc(NC(=O)C2(c3ccc4c(c3)OCO4)CC2)ccc1-c1ccc(S(=O)(=O)N(C)C)cc1. The molecule has 176 valence electrons. The van der Waals surface area contributed by atoms with E-state index in [0.717, 1.165) is 40.8 Å². The highest BCUT2D eigenvalue weighted by atomic mass is 32.2. The number of rotatable bonds is 6. The van der Waals surface area contributed by atoms with Crippen LogP contribution in [-0.2, 0) is 20.2 Å². The lowest BCUT2D eigenvalue weighted by Crippen LogP contribution is -2.27. The van der Waals surface area contributed by atoms with E-state index in [2.05, 4.69) is 5.32 Å². The number of hydrogen-bond acceptors (Lipinski definition) is 5. The van der Waals surface area contributed by atoms with Crippen molar-refractivity contribution in [1.29, 1.82) is 0 Å². The summed E-state index contributed by atoms with van der Waals surface area (Å²) in [5.74, 6) is 1.36. The molecule has 0 atom stereocenters. The summed E-state index contributed by atoms with van der Waals surface area (Å²) in [6.07, 6.45) is 1.58. The van der Waals surface area contributed by atoms with E-state index in [1.807, 2.05) is 43.3 Å². The topological polar surface area (TPSA) is 84.9 Å². The van der Waals surface area contributed by atoms with Gasteiger partial charge in [0.2, 0.25) is 22.7 Å². The molecule has 3 aromatic carbocycles. The first-order chi connectivity index (χ1) is 16.2. The highest BCUT2D eigenvalue weighted by Gasteiger charge is 2.51. The number of carbonyl (C=O) groups is 1. The van der Waals surface area contributed by atoms with Crippen molar-refractivity contribution in [2.45, 2.75) is 30.1 Å².